The number of nitrogens with zero attached hydrogens (tertiary/aromatic N) is 2. The first-order valence-electron chi connectivity index (χ1n) is 7.14. The number of halogens is 2. The minimum atomic E-state index is -0.439. The lowest BCUT2D eigenvalue weighted by atomic mass is 10.2. The Morgan fingerprint density at radius 1 is 1.21 bits per heavy atom. The Labute approximate surface area is 149 Å². The minimum absolute atomic E-state index is 0.190. The Hall–Kier alpha value is -2.31. The molecule has 6 nitrogen and oxygen atoms in total. The van der Waals surface area contributed by atoms with Crippen molar-refractivity contribution >= 4 is 40.7 Å². The Balaban J connectivity index is 2.09. The molecule has 0 aliphatic carbocycles. The van der Waals surface area contributed by atoms with Crippen LogP contribution in [0.5, 0.6) is 0 Å². The van der Waals surface area contributed by atoms with Crippen LogP contribution in [0.1, 0.15) is 17.3 Å². The van der Waals surface area contributed by atoms with Crippen LogP contribution < -0.4 is 10.0 Å². The molecule has 8 heteroatoms. The Bertz CT molecular complexity index is 748. The normalized spacial score (nSPS) is 10.3. The lowest BCUT2D eigenvalue weighted by Gasteiger charge is -2.20. The van der Waals surface area contributed by atoms with Gasteiger partial charge in [-0.25, -0.2) is 0 Å². The third-order valence-corrected chi connectivity index (χ3v) is 3.88. The Kier molecular flexibility index (Phi) is 6.00. The topological polar surface area (TPSA) is 76.4 Å². The summed E-state index contributed by atoms with van der Waals surface area (Å²) in [6.07, 6.45) is 2.44. The van der Waals surface area contributed by atoms with E-state index in [-0.39, 0.29) is 12.1 Å². The van der Waals surface area contributed by atoms with Gasteiger partial charge in [-0.1, -0.05) is 29.3 Å². The molecule has 0 aliphatic heterocycles. The summed E-state index contributed by atoms with van der Waals surface area (Å²) in [7, 11) is 0. The number of aromatic nitrogens is 1. The van der Waals surface area contributed by atoms with Crippen LogP contribution in [-0.2, 0) is 4.79 Å². The number of carbonyl (C=O) groups excluding carboxylic acids is 2. The maximum atomic E-state index is 12.4. The molecule has 0 atom stereocenters. The summed E-state index contributed by atoms with van der Waals surface area (Å²) in [5.41, 5.74) is 0.504. The number of likely N-dealkylation sites (N-methyl/N-ethyl adjacent to an activating group) is 1. The van der Waals surface area contributed by atoms with Gasteiger partial charge < -0.3 is 15.4 Å². The molecule has 126 valence electrons. The van der Waals surface area contributed by atoms with Crippen molar-refractivity contribution in [3.63, 3.8) is 0 Å². The summed E-state index contributed by atoms with van der Waals surface area (Å²) >= 11 is 12.0. The molecule has 0 saturated carbocycles. The quantitative estimate of drug-likeness (QED) is 0.651. The van der Waals surface area contributed by atoms with Gasteiger partial charge in [0, 0.05) is 12.6 Å². The average molecular weight is 368 g/mol. The first-order chi connectivity index (χ1) is 11.4. The van der Waals surface area contributed by atoms with Gasteiger partial charge in [0.15, 0.2) is 12.4 Å². The summed E-state index contributed by atoms with van der Waals surface area (Å²) < 4.78 is 0.532. The van der Waals surface area contributed by atoms with Crippen LogP contribution in [0.15, 0.2) is 42.7 Å². The molecule has 24 heavy (non-hydrogen) atoms. The number of carbonyl (C=O) groups is 2. The number of hydrogen-bond donors (Lipinski definition) is 1. The van der Waals surface area contributed by atoms with E-state index in [2.05, 4.69) is 5.32 Å². The van der Waals surface area contributed by atoms with Crippen molar-refractivity contribution < 1.29 is 14.3 Å². The third-order valence-electron chi connectivity index (χ3n) is 3.25. The Morgan fingerprint density at radius 2 is 1.88 bits per heavy atom. The number of benzene rings is 1. The van der Waals surface area contributed by atoms with Crippen molar-refractivity contribution in [3.05, 3.63) is 63.5 Å². The molecule has 0 radical (unpaired) electrons. The fourth-order valence-electron chi connectivity index (χ4n) is 2.06. The lowest BCUT2D eigenvalue weighted by molar-refractivity contribution is -0.605. The zero-order valence-electron chi connectivity index (χ0n) is 12.8. The highest BCUT2D eigenvalue weighted by molar-refractivity contribution is 6.39. The number of pyridine rings is 1. The fraction of sp³-hybridized carbons (Fsp3) is 0.188. The van der Waals surface area contributed by atoms with Crippen LogP contribution in [0.4, 0.5) is 5.69 Å². The molecular weight excluding hydrogens is 353 g/mol. The molecule has 2 rings (SSSR count). The van der Waals surface area contributed by atoms with E-state index in [1.54, 1.807) is 25.1 Å². The summed E-state index contributed by atoms with van der Waals surface area (Å²) in [6.45, 7) is 1.85. The maximum absolute atomic E-state index is 12.4. The van der Waals surface area contributed by atoms with E-state index in [1.165, 1.54) is 23.2 Å². The van der Waals surface area contributed by atoms with Crippen molar-refractivity contribution in [2.45, 2.75) is 6.92 Å². The van der Waals surface area contributed by atoms with Crippen LogP contribution in [0.25, 0.3) is 0 Å². The molecule has 0 aliphatic rings. The van der Waals surface area contributed by atoms with Gasteiger partial charge in [0.2, 0.25) is 5.91 Å². The lowest BCUT2D eigenvalue weighted by Crippen LogP contribution is -2.39. The van der Waals surface area contributed by atoms with Gasteiger partial charge in [-0.2, -0.15) is 4.73 Å². The molecule has 1 heterocycles. The van der Waals surface area contributed by atoms with E-state index in [9.17, 15) is 14.8 Å². The Morgan fingerprint density at radius 3 is 2.46 bits per heavy atom. The summed E-state index contributed by atoms with van der Waals surface area (Å²) in [5, 5.41) is 14.5. The number of hydrogen-bond acceptors (Lipinski definition) is 3. The molecule has 2 aromatic rings. The van der Waals surface area contributed by atoms with Crippen molar-refractivity contribution in [2.24, 2.45) is 0 Å². The molecule has 0 unspecified atom stereocenters. The number of amides is 2. The SMILES string of the molecule is CCN(CC(=O)Nc1c(Cl)cccc1Cl)C(=O)c1ccc[n+]([O-])c1. The van der Waals surface area contributed by atoms with E-state index >= 15 is 0 Å². The molecule has 0 bridgehead atoms. The molecule has 0 fully saturated rings. The van der Waals surface area contributed by atoms with Gasteiger partial charge in [0.25, 0.3) is 5.91 Å². The van der Waals surface area contributed by atoms with Gasteiger partial charge in [0.1, 0.15) is 12.1 Å². The highest BCUT2D eigenvalue weighted by Gasteiger charge is 2.20. The average Bonchev–Trinajstić information content (AvgIpc) is 2.55. The zero-order chi connectivity index (χ0) is 17.7. The maximum Gasteiger partial charge on any atom is 0.260 e. The van der Waals surface area contributed by atoms with Gasteiger partial charge in [-0.15, -0.1) is 0 Å². The van der Waals surface area contributed by atoms with E-state index in [1.807, 2.05) is 0 Å². The van der Waals surface area contributed by atoms with Crippen LogP contribution in [0.2, 0.25) is 10.0 Å². The van der Waals surface area contributed by atoms with E-state index in [4.69, 9.17) is 23.2 Å². The van der Waals surface area contributed by atoms with Crippen LogP contribution >= 0.6 is 23.2 Å². The smallest absolute Gasteiger partial charge is 0.260 e. The van der Waals surface area contributed by atoms with E-state index < -0.39 is 11.8 Å². The number of rotatable bonds is 5. The van der Waals surface area contributed by atoms with Crippen molar-refractivity contribution in [3.8, 4) is 0 Å². The van der Waals surface area contributed by atoms with Crippen LogP contribution in [0, 0.1) is 5.21 Å². The fourth-order valence-corrected chi connectivity index (χ4v) is 2.55. The number of para-hydroxylation sites is 1. The molecular formula is C16H15Cl2N3O3. The van der Waals surface area contributed by atoms with E-state index in [0.29, 0.717) is 27.0 Å². The molecule has 1 N–H and O–H groups in total. The van der Waals surface area contributed by atoms with Gasteiger partial charge >= 0.3 is 0 Å². The minimum Gasteiger partial charge on any atom is -0.619 e. The monoisotopic (exact) mass is 367 g/mol. The third kappa shape index (κ3) is 4.37. The molecule has 0 saturated heterocycles. The molecule has 1 aromatic carbocycles. The highest BCUT2D eigenvalue weighted by Crippen LogP contribution is 2.29. The van der Waals surface area contributed by atoms with Crippen molar-refractivity contribution in [1.82, 2.24) is 4.90 Å². The molecule has 1 aromatic heterocycles. The zero-order valence-corrected chi connectivity index (χ0v) is 14.3. The molecule has 2 amide bonds. The standard InChI is InChI=1S/C16H15Cl2N3O3/c1-2-20(16(23)11-5-4-8-21(24)9-11)10-14(22)19-15-12(17)6-3-7-13(15)18/h3-9H,2,10H2,1H3,(H,19,22). The molecule has 0 spiro atoms. The predicted molar refractivity (Wildman–Crippen MR) is 92.1 cm³/mol. The summed E-state index contributed by atoms with van der Waals surface area (Å²) in [4.78, 5) is 25.9. The van der Waals surface area contributed by atoms with E-state index in [0.717, 1.165) is 6.20 Å². The second-order valence-corrected chi connectivity index (χ2v) is 5.73. The number of nitrogens with one attached hydrogen (secondary N) is 1. The highest BCUT2D eigenvalue weighted by atomic mass is 35.5. The van der Waals surface area contributed by atoms with Gasteiger partial charge in [-0.3, -0.25) is 9.59 Å². The second kappa shape index (κ2) is 7.99. The summed E-state index contributed by atoms with van der Waals surface area (Å²) in [5.74, 6) is -0.853. The second-order valence-electron chi connectivity index (χ2n) is 4.92. The summed E-state index contributed by atoms with van der Waals surface area (Å²) in [6, 6.07) is 7.85. The largest absolute Gasteiger partial charge is 0.619 e. The van der Waals surface area contributed by atoms with Gasteiger partial charge in [0.05, 0.1) is 15.7 Å². The predicted octanol–water partition coefficient (Wildman–Crippen LogP) is 2.73. The first-order valence-corrected chi connectivity index (χ1v) is 7.90. The van der Waals surface area contributed by atoms with Gasteiger partial charge in [-0.05, 0) is 25.1 Å². The van der Waals surface area contributed by atoms with Crippen molar-refractivity contribution in [1.29, 1.82) is 0 Å². The van der Waals surface area contributed by atoms with Crippen LogP contribution in [-0.4, -0.2) is 29.8 Å². The number of anilines is 1. The van der Waals surface area contributed by atoms with Crippen LogP contribution in [0.3, 0.4) is 0 Å². The first kappa shape index (κ1) is 18.0. The van der Waals surface area contributed by atoms with Crippen molar-refractivity contribution in [2.75, 3.05) is 18.4 Å².